The molecular formula is C14H19Cl2NO2S. The molecule has 0 aromatic heterocycles. The summed E-state index contributed by atoms with van der Waals surface area (Å²) >= 11 is 12.1. The van der Waals surface area contributed by atoms with Gasteiger partial charge in [0.15, 0.2) is 0 Å². The summed E-state index contributed by atoms with van der Waals surface area (Å²) < 4.78 is 26.9. The molecule has 6 heteroatoms. The van der Waals surface area contributed by atoms with E-state index in [1.54, 1.807) is 25.2 Å². The molecule has 0 amide bonds. The van der Waals surface area contributed by atoms with E-state index >= 15 is 0 Å². The predicted octanol–water partition coefficient (Wildman–Crippen LogP) is 4.34. The fourth-order valence-corrected chi connectivity index (χ4v) is 5.19. The van der Waals surface area contributed by atoms with E-state index in [0.717, 1.165) is 25.7 Å². The van der Waals surface area contributed by atoms with E-state index < -0.39 is 10.0 Å². The minimum Gasteiger partial charge on any atom is -0.207 e. The summed E-state index contributed by atoms with van der Waals surface area (Å²) in [4.78, 5) is 0.0232. The molecule has 3 nitrogen and oxygen atoms in total. The topological polar surface area (TPSA) is 37.4 Å². The van der Waals surface area contributed by atoms with Gasteiger partial charge in [0.2, 0.25) is 10.0 Å². The van der Waals surface area contributed by atoms with Crippen LogP contribution in [-0.4, -0.2) is 25.8 Å². The van der Waals surface area contributed by atoms with Gasteiger partial charge in [-0.2, -0.15) is 4.31 Å². The molecule has 112 valence electrons. The van der Waals surface area contributed by atoms with E-state index in [4.69, 9.17) is 23.2 Å². The molecule has 1 saturated carbocycles. The van der Waals surface area contributed by atoms with Crippen LogP contribution in [0.15, 0.2) is 23.1 Å². The SMILES string of the molecule is CN(C1CCCCCC1)S(=O)(=O)c1c(Cl)cccc1Cl. The van der Waals surface area contributed by atoms with Gasteiger partial charge in [0.25, 0.3) is 0 Å². The molecule has 0 unspecified atom stereocenters. The van der Waals surface area contributed by atoms with E-state index in [0.29, 0.717) is 0 Å². The monoisotopic (exact) mass is 335 g/mol. The van der Waals surface area contributed by atoms with Crippen molar-refractivity contribution < 1.29 is 8.42 Å². The number of benzene rings is 1. The summed E-state index contributed by atoms with van der Waals surface area (Å²) in [5.74, 6) is 0. The number of rotatable bonds is 3. The van der Waals surface area contributed by atoms with Crippen LogP contribution >= 0.6 is 23.2 Å². The second kappa shape index (κ2) is 6.65. The van der Waals surface area contributed by atoms with Crippen molar-refractivity contribution in [1.82, 2.24) is 4.31 Å². The summed E-state index contributed by atoms with van der Waals surface area (Å²) in [7, 11) is -2.02. The zero-order valence-electron chi connectivity index (χ0n) is 11.5. The Labute approximate surface area is 130 Å². The maximum absolute atomic E-state index is 12.7. The van der Waals surface area contributed by atoms with Crippen LogP contribution in [0.4, 0.5) is 0 Å². The zero-order chi connectivity index (χ0) is 14.8. The maximum Gasteiger partial charge on any atom is 0.246 e. The van der Waals surface area contributed by atoms with Gasteiger partial charge in [-0.15, -0.1) is 0 Å². The molecule has 1 aromatic rings. The van der Waals surface area contributed by atoms with Crippen molar-refractivity contribution in [3.63, 3.8) is 0 Å². The average molecular weight is 336 g/mol. The van der Waals surface area contributed by atoms with Crippen molar-refractivity contribution in [3.8, 4) is 0 Å². The van der Waals surface area contributed by atoms with Crippen molar-refractivity contribution in [2.24, 2.45) is 0 Å². The molecule has 1 aliphatic rings. The smallest absolute Gasteiger partial charge is 0.207 e. The second-order valence-corrected chi connectivity index (χ2v) is 7.97. The van der Waals surface area contributed by atoms with Crippen LogP contribution in [0.25, 0.3) is 0 Å². The van der Waals surface area contributed by atoms with Crippen molar-refractivity contribution in [3.05, 3.63) is 28.2 Å². The lowest BCUT2D eigenvalue weighted by molar-refractivity contribution is 0.336. The van der Waals surface area contributed by atoms with E-state index in [9.17, 15) is 8.42 Å². The molecule has 1 aromatic carbocycles. The molecule has 0 N–H and O–H groups in total. The largest absolute Gasteiger partial charge is 0.246 e. The molecule has 2 rings (SSSR count). The first-order valence-corrected chi connectivity index (χ1v) is 9.06. The van der Waals surface area contributed by atoms with Crippen molar-refractivity contribution in [2.75, 3.05) is 7.05 Å². The second-order valence-electron chi connectivity index (χ2n) is 5.22. The Morgan fingerprint density at radius 3 is 2.05 bits per heavy atom. The molecule has 0 aliphatic heterocycles. The van der Waals surface area contributed by atoms with Gasteiger partial charge >= 0.3 is 0 Å². The van der Waals surface area contributed by atoms with Crippen LogP contribution in [-0.2, 0) is 10.0 Å². The van der Waals surface area contributed by atoms with Crippen LogP contribution in [0.1, 0.15) is 38.5 Å². The quantitative estimate of drug-likeness (QED) is 0.770. The van der Waals surface area contributed by atoms with Crippen LogP contribution in [0.2, 0.25) is 10.0 Å². The fourth-order valence-electron chi connectivity index (χ4n) is 2.69. The third-order valence-electron chi connectivity index (χ3n) is 3.89. The Hall–Kier alpha value is -0.290. The van der Waals surface area contributed by atoms with Crippen molar-refractivity contribution in [2.45, 2.75) is 49.5 Å². The Morgan fingerprint density at radius 2 is 1.55 bits per heavy atom. The summed E-state index contributed by atoms with van der Waals surface area (Å²) in [5.41, 5.74) is 0. The van der Waals surface area contributed by atoms with E-state index in [1.807, 2.05) is 0 Å². The normalized spacial score (nSPS) is 18.2. The van der Waals surface area contributed by atoms with Crippen LogP contribution in [0, 0.1) is 0 Å². The molecule has 1 fully saturated rings. The maximum atomic E-state index is 12.7. The van der Waals surface area contributed by atoms with Crippen LogP contribution < -0.4 is 0 Å². The summed E-state index contributed by atoms with van der Waals surface area (Å²) in [6, 6.07) is 4.80. The Bertz CT molecular complexity index is 546. The predicted molar refractivity (Wildman–Crippen MR) is 82.9 cm³/mol. The van der Waals surface area contributed by atoms with Crippen molar-refractivity contribution in [1.29, 1.82) is 0 Å². The highest BCUT2D eigenvalue weighted by Crippen LogP contribution is 2.33. The molecule has 0 bridgehead atoms. The third kappa shape index (κ3) is 3.30. The average Bonchev–Trinajstić information content (AvgIpc) is 2.66. The number of hydrogen-bond donors (Lipinski definition) is 0. The molecule has 1 aliphatic carbocycles. The first-order chi connectivity index (χ1) is 9.44. The minimum absolute atomic E-state index is 0.0232. The van der Waals surface area contributed by atoms with Gasteiger partial charge in [-0.25, -0.2) is 8.42 Å². The standard InChI is InChI=1S/C14H19Cl2NO2S/c1-17(11-7-4-2-3-5-8-11)20(18,19)14-12(15)9-6-10-13(14)16/h6,9-11H,2-5,7-8H2,1H3. The van der Waals surface area contributed by atoms with Gasteiger partial charge in [-0.1, -0.05) is 55.0 Å². The Morgan fingerprint density at radius 1 is 1.05 bits per heavy atom. The molecule has 0 radical (unpaired) electrons. The van der Waals surface area contributed by atoms with Gasteiger partial charge in [0.1, 0.15) is 4.90 Å². The molecule has 0 spiro atoms. The lowest BCUT2D eigenvalue weighted by Crippen LogP contribution is -2.37. The molecular weight excluding hydrogens is 317 g/mol. The molecule has 0 atom stereocenters. The first-order valence-electron chi connectivity index (χ1n) is 6.86. The number of sulfonamides is 1. The zero-order valence-corrected chi connectivity index (χ0v) is 13.8. The Balaban J connectivity index is 2.34. The molecule has 0 saturated heterocycles. The van der Waals surface area contributed by atoms with Crippen LogP contribution in [0.3, 0.4) is 0 Å². The molecule has 0 heterocycles. The lowest BCUT2D eigenvalue weighted by Gasteiger charge is -2.27. The lowest BCUT2D eigenvalue weighted by atomic mass is 10.1. The summed E-state index contributed by atoms with van der Waals surface area (Å²) in [6.45, 7) is 0. The molecule has 20 heavy (non-hydrogen) atoms. The van der Waals surface area contributed by atoms with Crippen molar-refractivity contribution >= 4 is 33.2 Å². The third-order valence-corrected chi connectivity index (χ3v) is 6.76. The summed E-state index contributed by atoms with van der Waals surface area (Å²) in [6.07, 6.45) is 6.30. The minimum atomic E-state index is -3.65. The highest BCUT2D eigenvalue weighted by molar-refractivity contribution is 7.89. The van der Waals surface area contributed by atoms with Gasteiger partial charge in [-0.3, -0.25) is 0 Å². The first kappa shape index (κ1) is 16.1. The van der Waals surface area contributed by atoms with Crippen LogP contribution in [0.5, 0.6) is 0 Å². The van der Waals surface area contributed by atoms with Gasteiger partial charge in [-0.05, 0) is 25.0 Å². The van der Waals surface area contributed by atoms with Gasteiger partial charge < -0.3 is 0 Å². The van der Waals surface area contributed by atoms with E-state index in [1.165, 1.54) is 17.1 Å². The van der Waals surface area contributed by atoms with E-state index in [-0.39, 0.29) is 21.0 Å². The fraction of sp³-hybridized carbons (Fsp3) is 0.571. The van der Waals surface area contributed by atoms with E-state index in [2.05, 4.69) is 0 Å². The number of nitrogens with zero attached hydrogens (tertiary/aromatic N) is 1. The van der Waals surface area contributed by atoms with Gasteiger partial charge in [0, 0.05) is 13.1 Å². The van der Waals surface area contributed by atoms with Gasteiger partial charge in [0.05, 0.1) is 10.0 Å². The number of hydrogen-bond acceptors (Lipinski definition) is 2. The number of halogens is 2. The highest BCUT2D eigenvalue weighted by Gasteiger charge is 2.31. The summed E-state index contributed by atoms with van der Waals surface area (Å²) in [5, 5.41) is 0.357. The Kier molecular flexibility index (Phi) is 5.35. The highest BCUT2D eigenvalue weighted by atomic mass is 35.5.